The van der Waals surface area contributed by atoms with E-state index in [-0.39, 0.29) is 5.56 Å². The van der Waals surface area contributed by atoms with Crippen LogP contribution in [0.2, 0.25) is 0 Å². The number of hydrogen-bond acceptors (Lipinski definition) is 4. The number of ether oxygens (including phenoxy) is 2. The Hall–Kier alpha value is -2.69. The number of hydrogen-bond donors (Lipinski definition) is 2. The van der Waals surface area contributed by atoms with E-state index < -0.39 is 5.97 Å². The summed E-state index contributed by atoms with van der Waals surface area (Å²) in [4.78, 5) is 10.9. The molecule has 2 rings (SSSR count). The van der Waals surface area contributed by atoms with E-state index in [9.17, 15) is 4.79 Å². The molecule has 0 saturated carbocycles. The fourth-order valence-corrected chi connectivity index (χ4v) is 1.68. The second-order valence-corrected chi connectivity index (χ2v) is 4.07. The third-order valence-corrected chi connectivity index (χ3v) is 2.60. The molecule has 2 aromatic rings. The molecule has 0 amide bonds. The standard InChI is InChI=1S/C15H15NO4/c1-2-19-11-4-3-5-12(9-11)20-14-8-10(15(17)18)6-7-13(14)16/h3-9H,2,16H2,1H3,(H,17,18). The van der Waals surface area contributed by atoms with Crippen molar-refractivity contribution in [1.82, 2.24) is 0 Å². The maximum atomic E-state index is 10.9. The molecule has 2 aromatic carbocycles. The van der Waals surface area contributed by atoms with Gasteiger partial charge in [-0.1, -0.05) is 6.07 Å². The van der Waals surface area contributed by atoms with Gasteiger partial charge in [0.2, 0.25) is 0 Å². The monoisotopic (exact) mass is 273 g/mol. The van der Waals surface area contributed by atoms with E-state index in [2.05, 4.69) is 0 Å². The Morgan fingerprint density at radius 3 is 2.65 bits per heavy atom. The quantitative estimate of drug-likeness (QED) is 0.818. The van der Waals surface area contributed by atoms with Crippen LogP contribution in [0.15, 0.2) is 42.5 Å². The summed E-state index contributed by atoms with van der Waals surface area (Å²) in [6.07, 6.45) is 0. The summed E-state index contributed by atoms with van der Waals surface area (Å²) in [7, 11) is 0. The van der Waals surface area contributed by atoms with Gasteiger partial charge in [-0.3, -0.25) is 0 Å². The van der Waals surface area contributed by atoms with Gasteiger partial charge in [-0.15, -0.1) is 0 Å². The van der Waals surface area contributed by atoms with Crippen LogP contribution in [-0.4, -0.2) is 17.7 Å². The maximum absolute atomic E-state index is 10.9. The molecule has 5 nitrogen and oxygen atoms in total. The van der Waals surface area contributed by atoms with Crippen LogP contribution < -0.4 is 15.2 Å². The Kier molecular flexibility index (Phi) is 4.10. The van der Waals surface area contributed by atoms with Crippen LogP contribution in [0.4, 0.5) is 5.69 Å². The Bertz CT molecular complexity index is 625. The SMILES string of the molecule is CCOc1cccc(Oc2cc(C(=O)O)ccc2N)c1. The second kappa shape index (κ2) is 5.97. The third kappa shape index (κ3) is 3.20. The molecular weight excluding hydrogens is 258 g/mol. The normalized spacial score (nSPS) is 10.1. The highest BCUT2D eigenvalue weighted by atomic mass is 16.5. The molecule has 0 fully saturated rings. The predicted octanol–water partition coefficient (Wildman–Crippen LogP) is 3.16. The molecule has 3 N–H and O–H groups in total. The van der Waals surface area contributed by atoms with Crippen molar-refractivity contribution in [2.45, 2.75) is 6.92 Å². The number of rotatable bonds is 5. The average molecular weight is 273 g/mol. The number of benzene rings is 2. The summed E-state index contributed by atoms with van der Waals surface area (Å²) >= 11 is 0. The zero-order valence-corrected chi connectivity index (χ0v) is 11.0. The highest BCUT2D eigenvalue weighted by Gasteiger charge is 2.09. The first-order valence-corrected chi connectivity index (χ1v) is 6.13. The van der Waals surface area contributed by atoms with Crippen molar-refractivity contribution < 1.29 is 19.4 Å². The van der Waals surface area contributed by atoms with Crippen LogP contribution in [0.1, 0.15) is 17.3 Å². The van der Waals surface area contributed by atoms with Crippen molar-refractivity contribution in [1.29, 1.82) is 0 Å². The third-order valence-electron chi connectivity index (χ3n) is 2.60. The van der Waals surface area contributed by atoms with Crippen LogP contribution in [0.5, 0.6) is 17.2 Å². The van der Waals surface area contributed by atoms with Gasteiger partial charge in [0.15, 0.2) is 5.75 Å². The molecule has 0 spiro atoms. The summed E-state index contributed by atoms with van der Waals surface area (Å²) in [6, 6.07) is 11.4. The minimum atomic E-state index is -1.03. The fourth-order valence-electron chi connectivity index (χ4n) is 1.68. The zero-order chi connectivity index (χ0) is 14.5. The van der Waals surface area contributed by atoms with Crippen LogP contribution in [0.25, 0.3) is 0 Å². The van der Waals surface area contributed by atoms with Crippen molar-refractivity contribution in [2.75, 3.05) is 12.3 Å². The van der Waals surface area contributed by atoms with E-state index >= 15 is 0 Å². The number of carbonyl (C=O) groups is 1. The molecule has 0 atom stereocenters. The number of carboxylic acids is 1. The molecule has 0 unspecified atom stereocenters. The number of nitrogens with two attached hydrogens (primary N) is 1. The lowest BCUT2D eigenvalue weighted by Crippen LogP contribution is -1.99. The van der Waals surface area contributed by atoms with Crippen LogP contribution in [0, 0.1) is 0 Å². The van der Waals surface area contributed by atoms with Gasteiger partial charge >= 0.3 is 5.97 Å². The molecular formula is C15H15NO4. The van der Waals surface area contributed by atoms with Gasteiger partial charge < -0.3 is 20.3 Å². The fraction of sp³-hybridized carbons (Fsp3) is 0.133. The molecule has 104 valence electrons. The van der Waals surface area contributed by atoms with Gasteiger partial charge in [0.25, 0.3) is 0 Å². The van der Waals surface area contributed by atoms with E-state index in [1.807, 2.05) is 13.0 Å². The molecule has 0 aliphatic carbocycles. The number of anilines is 1. The molecule has 5 heteroatoms. The van der Waals surface area contributed by atoms with Gasteiger partial charge in [0.05, 0.1) is 17.9 Å². The first-order valence-electron chi connectivity index (χ1n) is 6.13. The first kappa shape index (κ1) is 13.7. The van der Waals surface area contributed by atoms with E-state index in [1.54, 1.807) is 18.2 Å². The van der Waals surface area contributed by atoms with Crippen molar-refractivity contribution in [3.05, 3.63) is 48.0 Å². The van der Waals surface area contributed by atoms with Crippen molar-refractivity contribution >= 4 is 11.7 Å². The molecule has 0 radical (unpaired) electrons. The predicted molar refractivity (Wildman–Crippen MR) is 75.5 cm³/mol. The lowest BCUT2D eigenvalue weighted by Gasteiger charge is -2.10. The minimum absolute atomic E-state index is 0.121. The van der Waals surface area contributed by atoms with Crippen molar-refractivity contribution in [2.24, 2.45) is 0 Å². The van der Waals surface area contributed by atoms with E-state index in [0.717, 1.165) is 0 Å². The maximum Gasteiger partial charge on any atom is 0.335 e. The lowest BCUT2D eigenvalue weighted by molar-refractivity contribution is 0.0696. The van der Waals surface area contributed by atoms with Gasteiger partial charge in [-0.05, 0) is 37.3 Å². The summed E-state index contributed by atoms with van der Waals surface area (Å²) in [5.41, 5.74) is 6.28. The molecule has 0 aliphatic heterocycles. The summed E-state index contributed by atoms with van der Waals surface area (Å²) in [5, 5.41) is 8.96. The number of nitrogen functional groups attached to an aromatic ring is 1. The van der Waals surface area contributed by atoms with Gasteiger partial charge in [-0.25, -0.2) is 4.79 Å². The smallest absolute Gasteiger partial charge is 0.335 e. The van der Waals surface area contributed by atoms with Crippen LogP contribution >= 0.6 is 0 Å². The van der Waals surface area contributed by atoms with Crippen LogP contribution in [0.3, 0.4) is 0 Å². The van der Waals surface area contributed by atoms with Crippen molar-refractivity contribution in [3.8, 4) is 17.2 Å². The Morgan fingerprint density at radius 2 is 1.95 bits per heavy atom. The molecule has 0 heterocycles. The average Bonchev–Trinajstić information content (AvgIpc) is 2.42. The summed E-state index contributed by atoms with van der Waals surface area (Å²) in [5.74, 6) is 0.486. The highest BCUT2D eigenvalue weighted by Crippen LogP contribution is 2.30. The Labute approximate surface area is 116 Å². The van der Waals surface area contributed by atoms with Gasteiger partial charge in [0, 0.05) is 6.07 Å². The zero-order valence-electron chi connectivity index (χ0n) is 11.0. The van der Waals surface area contributed by atoms with Crippen LogP contribution in [-0.2, 0) is 0 Å². The number of aromatic carboxylic acids is 1. The highest BCUT2D eigenvalue weighted by molar-refractivity contribution is 5.89. The minimum Gasteiger partial charge on any atom is -0.494 e. The first-order chi connectivity index (χ1) is 9.60. The molecule has 0 saturated heterocycles. The van der Waals surface area contributed by atoms with E-state index in [0.29, 0.717) is 29.5 Å². The van der Waals surface area contributed by atoms with Gasteiger partial charge in [-0.2, -0.15) is 0 Å². The number of carboxylic acid groups (broad SMARTS) is 1. The van der Waals surface area contributed by atoms with E-state index in [4.69, 9.17) is 20.3 Å². The van der Waals surface area contributed by atoms with Crippen molar-refractivity contribution in [3.63, 3.8) is 0 Å². The Balaban J connectivity index is 2.27. The van der Waals surface area contributed by atoms with Gasteiger partial charge in [0.1, 0.15) is 11.5 Å². The lowest BCUT2D eigenvalue weighted by atomic mass is 10.2. The Morgan fingerprint density at radius 1 is 1.20 bits per heavy atom. The van der Waals surface area contributed by atoms with E-state index in [1.165, 1.54) is 18.2 Å². The summed E-state index contributed by atoms with van der Waals surface area (Å²) < 4.78 is 11.0. The molecule has 0 bridgehead atoms. The topological polar surface area (TPSA) is 81.8 Å². The summed E-state index contributed by atoms with van der Waals surface area (Å²) in [6.45, 7) is 2.45. The molecule has 0 aromatic heterocycles. The molecule has 0 aliphatic rings. The second-order valence-electron chi connectivity index (χ2n) is 4.07. The molecule has 20 heavy (non-hydrogen) atoms. The largest absolute Gasteiger partial charge is 0.494 e.